The number of fused-ring (bicyclic) bond motifs is 3. The van der Waals surface area contributed by atoms with Crippen LogP contribution in [0, 0.1) is 0 Å². The minimum Gasteiger partial charge on any atom is -0.264 e. The number of benzene rings is 2. The summed E-state index contributed by atoms with van der Waals surface area (Å²) in [6.45, 7) is 4.63. The molecule has 0 saturated heterocycles. The monoisotopic (exact) mass is 348 g/mol. The van der Waals surface area contributed by atoms with E-state index in [0.717, 1.165) is 11.3 Å². The normalized spacial score (nSPS) is 13.9. The molecular weight excluding hydrogens is 328 g/mol. The van der Waals surface area contributed by atoms with E-state index in [1.807, 2.05) is 30.7 Å². The number of pyridine rings is 2. The van der Waals surface area contributed by atoms with Gasteiger partial charge in [0.15, 0.2) is 0 Å². The lowest BCUT2D eigenvalue weighted by Crippen LogP contribution is -2.16. The molecule has 2 heteroatoms. The van der Waals surface area contributed by atoms with Crippen LogP contribution in [0.5, 0.6) is 0 Å². The van der Waals surface area contributed by atoms with Gasteiger partial charge < -0.3 is 0 Å². The van der Waals surface area contributed by atoms with Gasteiger partial charge in [-0.15, -0.1) is 0 Å². The highest BCUT2D eigenvalue weighted by Gasteiger charge is 2.37. The van der Waals surface area contributed by atoms with E-state index in [2.05, 4.69) is 78.4 Å². The molecule has 0 atom stereocenters. The first-order chi connectivity index (χ1) is 13.2. The Morgan fingerprint density at radius 3 is 2.37 bits per heavy atom. The molecule has 4 aromatic rings. The van der Waals surface area contributed by atoms with E-state index in [9.17, 15) is 0 Å². The predicted molar refractivity (Wildman–Crippen MR) is 110 cm³/mol. The van der Waals surface area contributed by atoms with Crippen LogP contribution in [0.15, 0.2) is 85.3 Å². The van der Waals surface area contributed by atoms with Crippen molar-refractivity contribution < 1.29 is 0 Å². The molecule has 0 amide bonds. The summed E-state index contributed by atoms with van der Waals surface area (Å²) in [5, 5.41) is 0. The molecule has 0 radical (unpaired) electrons. The van der Waals surface area contributed by atoms with Crippen molar-refractivity contribution in [3.63, 3.8) is 0 Å². The van der Waals surface area contributed by atoms with E-state index in [0.29, 0.717) is 0 Å². The average Bonchev–Trinajstić information content (AvgIpc) is 2.96. The summed E-state index contributed by atoms with van der Waals surface area (Å²) in [6, 6.07) is 23.6. The summed E-state index contributed by atoms with van der Waals surface area (Å²) in [6.07, 6.45) is 5.60. The molecular formula is C25H20N2. The van der Waals surface area contributed by atoms with E-state index in [-0.39, 0.29) is 5.41 Å². The molecule has 0 N–H and O–H groups in total. The zero-order valence-electron chi connectivity index (χ0n) is 15.5. The van der Waals surface area contributed by atoms with Crippen LogP contribution in [0.25, 0.3) is 33.5 Å². The maximum Gasteiger partial charge on any atom is 0.0705 e. The third-order valence-electron chi connectivity index (χ3n) is 5.61. The third-order valence-corrected chi connectivity index (χ3v) is 5.61. The molecule has 1 aliphatic rings. The fourth-order valence-corrected chi connectivity index (χ4v) is 4.35. The molecule has 27 heavy (non-hydrogen) atoms. The van der Waals surface area contributed by atoms with Gasteiger partial charge in [-0.1, -0.05) is 56.3 Å². The first kappa shape index (κ1) is 16.0. The van der Waals surface area contributed by atoms with Crippen LogP contribution >= 0.6 is 0 Å². The minimum absolute atomic E-state index is 0.0632. The van der Waals surface area contributed by atoms with Gasteiger partial charge in [0.25, 0.3) is 0 Å². The second-order valence-electron chi connectivity index (χ2n) is 7.57. The van der Waals surface area contributed by atoms with E-state index >= 15 is 0 Å². The van der Waals surface area contributed by atoms with Crippen molar-refractivity contribution in [1.82, 2.24) is 9.97 Å². The van der Waals surface area contributed by atoms with Gasteiger partial charge in [0.2, 0.25) is 0 Å². The maximum atomic E-state index is 4.61. The van der Waals surface area contributed by atoms with E-state index < -0.39 is 0 Å². The minimum atomic E-state index is -0.0632. The van der Waals surface area contributed by atoms with Gasteiger partial charge in [-0.05, 0) is 52.1 Å². The molecule has 2 aromatic carbocycles. The van der Waals surface area contributed by atoms with E-state index in [1.54, 1.807) is 0 Å². The van der Waals surface area contributed by atoms with Crippen LogP contribution in [-0.4, -0.2) is 9.97 Å². The summed E-state index contributed by atoms with van der Waals surface area (Å²) < 4.78 is 0. The molecule has 130 valence electrons. The first-order valence-corrected chi connectivity index (χ1v) is 9.26. The summed E-state index contributed by atoms with van der Waals surface area (Å²) in [7, 11) is 0. The average molecular weight is 348 g/mol. The second-order valence-corrected chi connectivity index (χ2v) is 7.57. The molecule has 2 aromatic heterocycles. The van der Waals surface area contributed by atoms with Crippen LogP contribution in [0.3, 0.4) is 0 Å². The fourth-order valence-electron chi connectivity index (χ4n) is 4.35. The van der Waals surface area contributed by atoms with Crippen molar-refractivity contribution >= 4 is 0 Å². The lowest BCUT2D eigenvalue weighted by Gasteiger charge is -2.24. The highest BCUT2D eigenvalue weighted by Crippen LogP contribution is 2.52. The van der Waals surface area contributed by atoms with Gasteiger partial charge in [-0.2, -0.15) is 0 Å². The molecule has 2 nitrogen and oxygen atoms in total. The van der Waals surface area contributed by atoms with Crippen molar-refractivity contribution in [2.75, 3.05) is 0 Å². The largest absolute Gasteiger partial charge is 0.264 e. The predicted octanol–water partition coefficient (Wildman–Crippen LogP) is 6.12. The Kier molecular flexibility index (Phi) is 3.48. The lowest BCUT2D eigenvalue weighted by atomic mass is 9.79. The van der Waals surface area contributed by atoms with Crippen LogP contribution in [0.2, 0.25) is 0 Å². The van der Waals surface area contributed by atoms with Gasteiger partial charge in [0, 0.05) is 35.1 Å². The highest BCUT2D eigenvalue weighted by atomic mass is 14.7. The van der Waals surface area contributed by atoms with E-state index in [4.69, 9.17) is 0 Å². The Labute approximate surface area is 159 Å². The second kappa shape index (κ2) is 5.88. The molecule has 0 spiro atoms. The van der Waals surface area contributed by atoms with Gasteiger partial charge in [-0.25, -0.2) is 0 Å². The molecule has 2 heterocycles. The first-order valence-electron chi connectivity index (χ1n) is 9.26. The fraction of sp³-hybridized carbons (Fsp3) is 0.120. The molecule has 5 rings (SSSR count). The zero-order chi connectivity index (χ0) is 18.4. The summed E-state index contributed by atoms with van der Waals surface area (Å²) in [5.41, 5.74) is 9.89. The summed E-state index contributed by atoms with van der Waals surface area (Å²) >= 11 is 0. The van der Waals surface area contributed by atoms with Gasteiger partial charge in [0.05, 0.1) is 5.69 Å². The SMILES string of the molecule is CC1(C)c2ccc(-c3cccnc3)cc2-c2cccc(-c3ccccn3)c21. The van der Waals surface area contributed by atoms with Crippen molar-refractivity contribution in [3.05, 3.63) is 96.4 Å². The quantitative estimate of drug-likeness (QED) is 0.436. The van der Waals surface area contributed by atoms with Crippen LogP contribution in [0.4, 0.5) is 0 Å². The number of rotatable bonds is 2. The Morgan fingerprint density at radius 1 is 0.704 bits per heavy atom. The molecule has 1 aliphatic carbocycles. The standard InChI is InChI=1S/C25H20N2/c1-25(2)22-12-11-17(18-7-6-13-26-16-18)15-21(22)19-8-5-9-20(24(19)25)23-10-3-4-14-27-23/h3-16H,1-2H3. The zero-order valence-corrected chi connectivity index (χ0v) is 15.5. The van der Waals surface area contributed by atoms with Crippen molar-refractivity contribution in [2.24, 2.45) is 0 Å². The van der Waals surface area contributed by atoms with Gasteiger partial charge >= 0.3 is 0 Å². The van der Waals surface area contributed by atoms with E-state index in [1.165, 1.54) is 33.4 Å². The summed E-state index contributed by atoms with van der Waals surface area (Å²) in [4.78, 5) is 8.88. The van der Waals surface area contributed by atoms with Crippen LogP contribution < -0.4 is 0 Å². The van der Waals surface area contributed by atoms with Gasteiger partial charge in [0.1, 0.15) is 0 Å². The molecule has 0 saturated carbocycles. The molecule has 0 unspecified atom stereocenters. The smallest absolute Gasteiger partial charge is 0.0705 e. The number of hydrogen-bond donors (Lipinski definition) is 0. The lowest BCUT2D eigenvalue weighted by molar-refractivity contribution is 0.662. The molecule has 0 fully saturated rings. The van der Waals surface area contributed by atoms with Crippen molar-refractivity contribution in [2.45, 2.75) is 19.3 Å². The van der Waals surface area contributed by atoms with Crippen molar-refractivity contribution in [3.8, 4) is 33.5 Å². The van der Waals surface area contributed by atoms with Crippen LogP contribution in [-0.2, 0) is 5.41 Å². The molecule has 0 bridgehead atoms. The Bertz CT molecular complexity index is 1130. The Morgan fingerprint density at radius 2 is 1.59 bits per heavy atom. The third kappa shape index (κ3) is 2.41. The Balaban J connectivity index is 1.75. The number of nitrogens with zero attached hydrogens (tertiary/aromatic N) is 2. The number of aromatic nitrogens is 2. The molecule has 0 aliphatic heterocycles. The van der Waals surface area contributed by atoms with Crippen LogP contribution in [0.1, 0.15) is 25.0 Å². The number of hydrogen-bond acceptors (Lipinski definition) is 2. The maximum absolute atomic E-state index is 4.61. The van der Waals surface area contributed by atoms with Crippen molar-refractivity contribution in [1.29, 1.82) is 0 Å². The summed E-state index contributed by atoms with van der Waals surface area (Å²) in [5.74, 6) is 0. The van der Waals surface area contributed by atoms with Gasteiger partial charge in [-0.3, -0.25) is 9.97 Å². The topological polar surface area (TPSA) is 25.8 Å². The Hall–Kier alpha value is -3.26. The highest BCUT2D eigenvalue weighted by molar-refractivity contribution is 5.89.